The van der Waals surface area contributed by atoms with Crippen molar-refractivity contribution in [2.24, 2.45) is 0 Å². The number of hydrogen-bond acceptors (Lipinski definition) is 2. The number of rotatable bonds is 2. The van der Waals surface area contributed by atoms with Crippen LogP contribution in [0.15, 0.2) is 40.9 Å². The Kier molecular flexibility index (Phi) is 3.49. The second kappa shape index (κ2) is 5.19. The highest BCUT2D eigenvalue weighted by molar-refractivity contribution is 9.10. The van der Waals surface area contributed by atoms with Crippen molar-refractivity contribution in [3.63, 3.8) is 0 Å². The average molecular weight is 344 g/mol. The summed E-state index contributed by atoms with van der Waals surface area (Å²) in [5.41, 5.74) is 11.1. The first kappa shape index (κ1) is 14.1. The SMILES string of the molecule is Cc1cc(N)ccc1-c1nc2cc(Br)ccc2n1C(C)C. The van der Waals surface area contributed by atoms with E-state index in [-0.39, 0.29) is 0 Å². The van der Waals surface area contributed by atoms with E-state index in [2.05, 4.69) is 65.5 Å². The molecular formula is C17H18BrN3. The summed E-state index contributed by atoms with van der Waals surface area (Å²) in [5, 5.41) is 0. The number of nitrogens with two attached hydrogens (primary N) is 1. The predicted octanol–water partition coefficient (Wildman–Crippen LogP) is 4.94. The minimum Gasteiger partial charge on any atom is -0.399 e. The number of nitrogens with zero attached hydrogens (tertiary/aromatic N) is 2. The fraction of sp³-hybridized carbons (Fsp3) is 0.235. The number of benzene rings is 2. The van der Waals surface area contributed by atoms with Crippen molar-refractivity contribution >= 4 is 32.7 Å². The molecule has 21 heavy (non-hydrogen) atoms. The number of fused-ring (bicyclic) bond motifs is 1. The molecule has 1 aromatic heterocycles. The molecule has 0 aliphatic carbocycles. The molecule has 0 saturated carbocycles. The van der Waals surface area contributed by atoms with Crippen molar-refractivity contribution in [2.75, 3.05) is 5.73 Å². The molecule has 0 saturated heterocycles. The van der Waals surface area contributed by atoms with Gasteiger partial charge in [0.25, 0.3) is 0 Å². The molecule has 3 nitrogen and oxygen atoms in total. The van der Waals surface area contributed by atoms with Gasteiger partial charge in [-0.15, -0.1) is 0 Å². The van der Waals surface area contributed by atoms with E-state index >= 15 is 0 Å². The van der Waals surface area contributed by atoms with Gasteiger partial charge in [-0.1, -0.05) is 15.9 Å². The molecule has 0 aliphatic heterocycles. The number of aryl methyl sites for hydroxylation is 1. The largest absolute Gasteiger partial charge is 0.399 e. The number of hydrogen-bond donors (Lipinski definition) is 1. The fourth-order valence-electron chi connectivity index (χ4n) is 2.72. The van der Waals surface area contributed by atoms with Gasteiger partial charge in [-0.05, 0) is 62.7 Å². The molecule has 0 unspecified atom stereocenters. The number of anilines is 1. The molecule has 2 aromatic carbocycles. The highest BCUT2D eigenvalue weighted by atomic mass is 79.9. The lowest BCUT2D eigenvalue weighted by atomic mass is 10.1. The zero-order chi connectivity index (χ0) is 15.1. The highest BCUT2D eigenvalue weighted by Gasteiger charge is 2.16. The van der Waals surface area contributed by atoms with Crippen LogP contribution in [0, 0.1) is 6.92 Å². The van der Waals surface area contributed by atoms with Gasteiger partial charge in [0.1, 0.15) is 5.82 Å². The van der Waals surface area contributed by atoms with E-state index in [1.54, 1.807) is 0 Å². The van der Waals surface area contributed by atoms with Crippen molar-refractivity contribution in [3.8, 4) is 11.4 Å². The zero-order valence-corrected chi connectivity index (χ0v) is 14.0. The maximum absolute atomic E-state index is 5.86. The molecule has 0 aliphatic rings. The molecule has 1 heterocycles. The normalized spacial score (nSPS) is 11.5. The lowest BCUT2D eigenvalue weighted by Crippen LogP contribution is -2.04. The number of aromatic nitrogens is 2. The molecule has 4 heteroatoms. The van der Waals surface area contributed by atoms with Crippen LogP contribution in [-0.2, 0) is 0 Å². The highest BCUT2D eigenvalue weighted by Crippen LogP contribution is 2.32. The van der Waals surface area contributed by atoms with Gasteiger partial charge in [-0.25, -0.2) is 4.98 Å². The van der Waals surface area contributed by atoms with Crippen LogP contribution in [-0.4, -0.2) is 9.55 Å². The van der Waals surface area contributed by atoms with Gasteiger partial charge >= 0.3 is 0 Å². The van der Waals surface area contributed by atoms with E-state index in [4.69, 9.17) is 10.7 Å². The van der Waals surface area contributed by atoms with Gasteiger partial charge < -0.3 is 10.3 Å². The van der Waals surface area contributed by atoms with Gasteiger partial charge in [0, 0.05) is 21.8 Å². The summed E-state index contributed by atoms with van der Waals surface area (Å²) in [6, 6.07) is 12.6. The molecule has 0 bridgehead atoms. The topological polar surface area (TPSA) is 43.8 Å². The van der Waals surface area contributed by atoms with E-state index in [1.165, 1.54) is 0 Å². The molecular weight excluding hydrogens is 326 g/mol. The molecule has 2 N–H and O–H groups in total. The van der Waals surface area contributed by atoms with E-state index in [9.17, 15) is 0 Å². The molecule has 0 atom stereocenters. The molecule has 0 radical (unpaired) electrons. The Morgan fingerprint density at radius 2 is 1.90 bits per heavy atom. The Labute approximate surface area is 132 Å². The Morgan fingerprint density at radius 3 is 2.57 bits per heavy atom. The summed E-state index contributed by atoms with van der Waals surface area (Å²) in [6.07, 6.45) is 0. The second-order valence-corrected chi connectivity index (χ2v) is 6.52. The molecule has 108 valence electrons. The standard InChI is InChI=1S/C17H18BrN3/c1-10(2)21-16-7-4-12(18)9-15(16)20-17(21)14-6-5-13(19)8-11(14)3/h4-10H,19H2,1-3H3. The Morgan fingerprint density at radius 1 is 1.14 bits per heavy atom. The van der Waals surface area contributed by atoms with E-state index in [0.717, 1.165) is 38.1 Å². The Balaban J connectivity index is 2.33. The molecule has 3 rings (SSSR count). The van der Waals surface area contributed by atoms with Crippen LogP contribution < -0.4 is 5.73 Å². The maximum atomic E-state index is 5.86. The summed E-state index contributed by atoms with van der Waals surface area (Å²) < 4.78 is 3.32. The van der Waals surface area contributed by atoms with Gasteiger partial charge in [0.15, 0.2) is 0 Å². The number of nitrogen functional groups attached to an aromatic ring is 1. The Bertz CT molecular complexity index is 818. The first-order valence-electron chi connectivity index (χ1n) is 7.01. The van der Waals surface area contributed by atoms with E-state index < -0.39 is 0 Å². The van der Waals surface area contributed by atoms with Gasteiger partial charge in [0.05, 0.1) is 11.0 Å². The van der Waals surface area contributed by atoms with Gasteiger partial charge in [0.2, 0.25) is 0 Å². The quantitative estimate of drug-likeness (QED) is 0.670. The van der Waals surface area contributed by atoms with Crippen molar-refractivity contribution in [1.82, 2.24) is 9.55 Å². The third-order valence-corrected chi connectivity index (χ3v) is 4.15. The fourth-order valence-corrected chi connectivity index (χ4v) is 3.07. The molecule has 3 aromatic rings. The minimum atomic E-state index is 0.336. The lowest BCUT2D eigenvalue weighted by Gasteiger charge is -2.14. The van der Waals surface area contributed by atoms with Crippen LogP contribution in [0.5, 0.6) is 0 Å². The third kappa shape index (κ3) is 2.44. The lowest BCUT2D eigenvalue weighted by molar-refractivity contribution is 0.624. The molecule has 0 fully saturated rings. The first-order valence-corrected chi connectivity index (χ1v) is 7.80. The van der Waals surface area contributed by atoms with Gasteiger partial charge in [-0.2, -0.15) is 0 Å². The zero-order valence-electron chi connectivity index (χ0n) is 12.4. The monoisotopic (exact) mass is 343 g/mol. The van der Waals surface area contributed by atoms with E-state index in [0.29, 0.717) is 6.04 Å². The van der Waals surface area contributed by atoms with Crippen molar-refractivity contribution < 1.29 is 0 Å². The van der Waals surface area contributed by atoms with Crippen LogP contribution in [0.3, 0.4) is 0 Å². The van der Waals surface area contributed by atoms with Crippen molar-refractivity contribution in [2.45, 2.75) is 26.8 Å². The summed E-state index contributed by atoms with van der Waals surface area (Å²) in [5.74, 6) is 0.996. The summed E-state index contributed by atoms with van der Waals surface area (Å²) in [4.78, 5) is 4.85. The molecule has 0 amide bonds. The summed E-state index contributed by atoms with van der Waals surface area (Å²) in [6.45, 7) is 6.43. The minimum absolute atomic E-state index is 0.336. The third-order valence-electron chi connectivity index (χ3n) is 3.66. The Hall–Kier alpha value is -1.81. The summed E-state index contributed by atoms with van der Waals surface area (Å²) in [7, 11) is 0. The van der Waals surface area contributed by atoms with Gasteiger partial charge in [-0.3, -0.25) is 0 Å². The van der Waals surface area contributed by atoms with Crippen molar-refractivity contribution in [1.29, 1.82) is 0 Å². The summed E-state index contributed by atoms with van der Waals surface area (Å²) >= 11 is 3.52. The van der Waals surface area contributed by atoms with Crippen molar-refractivity contribution in [3.05, 3.63) is 46.4 Å². The first-order chi connectivity index (χ1) is 9.97. The predicted molar refractivity (Wildman–Crippen MR) is 92.4 cm³/mol. The number of halogens is 1. The van der Waals surface area contributed by atoms with Crippen LogP contribution in [0.2, 0.25) is 0 Å². The smallest absolute Gasteiger partial charge is 0.141 e. The van der Waals surface area contributed by atoms with E-state index in [1.807, 2.05) is 12.1 Å². The van der Waals surface area contributed by atoms with Crippen LogP contribution in [0.4, 0.5) is 5.69 Å². The average Bonchev–Trinajstić information content (AvgIpc) is 2.76. The van der Waals surface area contributed by atoms with Crippen LogP contribution in [0.1, 0.15) is 25.5 Å². The van der Waals surface area contributed by atoms with Crippen LogP contribution >= 0.6 is 15.9 Å². The molecule has 0 spiro atoms. The van der Waals surface area contributed by atoms with Crippen LogP contribution in [0.25, 0.3) is 22.4 Å². The second-order valence-electron chi connectivity index (χ2n) is 5.61. The number of imidazole rings is 1. The maximum Gasteiger partial charge on any atom is 0.141 e.